The summed E-state index contributed by atoms with van der Waals surface area (Å²) in [5.41, 5.74) is 1.03. The summed E-state index contributed by atoms with van der Waals surface area (Å²) in [7, 11) is 1.70. The number of para-hydroxylation sites is 1. The van der Waals surface area contributed by atoms with Gasteiger partial charge in [0.1, 0.15) is 11.4 Å². The molecule has 11 nitrogen and oxygen atoms in total. The number of nitro benzene ring substituents is 1. The van der Waals surface area contributed by atoms with Gasteiger partial charge < -0.3 is 15.0 Å². The number of nitrogens with one attached hydrogen (secondary N) is 1. The highest BCUT2D eigenvalue weighted by Gasteiger charge is 2.27. The number of nitrogens with zero attached hydrogens (tertiary/aromatic N) is 4. The van der Waals surface area contributed by atoms with Gasteiger partial charge in [0.05, 0.1) is 21.9 Å². The van der Waals surface area contributed by atoms with E-state index in [2.05, 4.69) is 5.32 Å². The number of hydrogen-bond donors (Lipinski definition) is 1. The maximum Gasteiger partial charge on any atom is 0.339 e. The smallest absolute Gasteiger partial charge is 0.339 e. The third kappa shape index (κ3) is 5.25. The van der Waals surface area contributed by atoms with Crippen LogP contribution in [0.4, 0.5) is 17.1 Å². The van der Waals surface area contributed by atoms with Crippen LogP contribution < -0.4 is 15.8 Å². The number of amides is 1. The van der Waals surface area contributed by atoms with Gasteiger partial charge in [-0.25, -0.2) is 9.48 Å². The summed E-state index contributed by atoms with van der Waals surface area (Å²) in [5.74, 6) is -1.57. The molecule has 0 unspecified atom stereocenters. The van der Waals surface area contributed by atoms with E-state index in [0.29, 0.717) is 30.2 Å². The van der Waals surface area contributed by atoms with Crippen molar-refractivity contribution in [3.63, 3.8) is 0 Å². The van der Waals surface area contributed by atoms with Crippen LogP contribution in [0.2, 0.25) is 0 Å². The maximum absolute atomic E-state index is 13.0. The first-order valence-corrected chi connectivity index (χ1v) is 12.1. The number of carbonyl (C=O) groups is 2. The SMILES string of the molecule is Cc1c(NC(=O)[C@@H](C)OC(=O)c2ccc(N3CCCCC3)c([N+](=O)[O-])c2)c(=O)n(-c2ccccc2)n1C. The van der Waals surface area contributed by atoms with E-state index >= 15 is 0 Å². The molecule has 1 saturated heterocycles. The molecule has 4 rings (SSSR count). The normalized spacial score (nSPS) is 14.2. The minimum absolute atomic E-state index is 0.0329. The number of rotatable bonds is 7. The van der Waals surface area contributed by atoms with E-state index in [0.717, 1.165) is 19.3 Å². The molecular weight excluding hydrogens is 478 g/mol. The molecule has 37 heavy (non-hydrogen) atoms. The third-order valence-corrected chi connectivity index (χ3v) is 6.56. The molecule has 0 spiro atoms. The molecule has 1 atom stereocenters. The molecule has 3 aromatic rings. The molecule has 194 valence electrons. The first-order chi connectivity index (χ1) is 17.7. The zero-order valence-electron chi connectivity index (χ0n) is 21.0. The van der Waals surface area contributed by atoms with E-state index in [1.807, 2.05) is 11.0 Å². The van der Waals surface area contributed by atoms with Crippen molar-refractivity contribution >= 4 is 28.9 Å². The highest BCUT2D eigenvalue weighted by molar-refractivity contribution is 5.98. The Balaban J connectivity index is 1.49. The number of nitro groups is 1. The van der Waals surface area contributed by atoms with Gasteiger partial charge in [0, 0.05) is 26.2 Å². The standard InChI is InChI=1S/C26H29N5O6/c1-17-23(25(33)30(28(17)3)20-10-6-4-7-11-20)27-24(32)18(2)37-26(34)19-12-13-21(22(16-19)31(35)36)29-14-8-5-9-15-29/h4,6-7,10-13,16,18H,5,8-9,14-15H2,1-3H3,(H,27,32)/t18-/m1/s1. The van der Waals surface area contributed by atoms with Crippen molar-refractivity contribution in [3.05, 3.63) is 80.3 Å². The molecule has 1 fully saturated rings. The quantitative estimate of drug-likeness (QED) is 0.294. The number of ether oxygens (including phenoxy) is 1. The van der Waals surface area contributed by atoms with Gasteiger partial charge in [-0.05, 0) is 57.4 Å². The summed E-state index contributed by atoms with van der Waals surface area (Å²) < 4.78 is 8.33. The fourth-order valence-corrected chi connectivity index (χ4v) is 4.42. The summed E-state index contributed by atoms with van der Waals surface area (Å²) in [6, 6.07) is 13.2. The summed E-state index contributed by atoms with van der Waals surface area (Å²) in [5, 5.41) is 14.3. The number of hydrogen-bond acceptors (Lipinski definition) is 7. The van der Waals surface area contributed by atoms with E-state index in [1.54, 1.807) is 49.0 Å². The Hall–Kier alpha value is -4.41. The van der Waals surface area contributed by atoms with Crippen LogP contribution >= 0.6 is 0 Å². The van der Waals surface area contributed by atoms with Crippen molar-refractivity contribution < 1.29 is 19.2 Å². The second kappa shape index (κ2) is 10.7. The van der Waals surface area contributed by atoms with Gasteiger partial charge in [-0.1, -0.05) is 18.2 Å². The number of carbonyl (C=O) groups excluding carboxylic acids is 2. The topological polar surface area (TPSA) is 129 Å². The number of esters is 1. The van der Waals surface area contributed by atoms with Crippen LogP contribution in [0.5, 0.6) is 0 Å². The van der Waals surface area contributed by atoms with Crippen molar-refractivity contribution in [2.45, 2.75) is 39.2 Å². The predicted octanol–water partition coefficient (Wildman–Crippen LogP) is 3.57. The molecule has 2 aromatic carbocycles. The van der Waals surface area contributed by atoms with Crippen molar-refractivity contribution in [1.82, 2.24) is 9.36 Å². The van der Waals surface area contributed by atoms with E-state index in [9.17, 15) is 24.5 Å². The van der Waals surface area contributed by atoms with Gasteiger partial charge >= 0.3 is 5.97 Å². The maximum atomic E-state index is 13.0. The van der Waals surface area contributed by atoms with Crippen LogP contribution in [0.1, 0.15) is 42.2 Å². The Morgan fingerprint density at radius 2 is 1.76 bits per heavy atom. The highest BCUT2D eigenvalue weighted by atomic mass is 16.6. The van der Waals surface area contributed by atoms with Gasteiger partial charge in [-0.15, -0.1) is 0 Å². The van der Waals surface area contributed by atoms with Crippen LogP contribution in [-0.2, 0) is 16.6 Å². The Morgan fingerprint density at radius 1 is 1.08 bits per heavy atom. The van der Waals surface area contributed by atoms with Crippen molar-refractivity contribution in [1.29, 1.82) is 0 Å². The molecule has 0 aliphatic carbocycles. The third-order valence-electron chi connectivity index (χ3n) is 6.56. The minimum Gasteiger partial charge on any atom is -0.449 e. The Morgan fingerprint density at radius 3 is 2.41 bits per heavy atom. The number of benzene rings is 2. The van der Waals surface area contributed by atoms with Crippen molar-refractivity contribution in [2.75, 3.05) is 23.3 Å². The summed E-state index contributed by atoms with van der Waals surface area (Å²) in [6.07, 6.45) is 1.73. The second-order valence-electron chi connectivity index (χ2n) is 8.98. The Labute approximate surface area is 213 Å². The van der Waals surface area contributed by atoms with Gasteiger partial charge in [-0.3, -0.25) is 24.4 Å². The van der Waals surface area contributed by atoms with Crippen molar-refractivity contribution in [3.8, 4) is 5.69 Å². The van der Waals surface area contributed by atoms with Gasteiger partial charge in [0.15, 0.2) is 6.10 Å². The zero-order chi connectivity index (χ0) is 26.7. The molecule has 1 aliphatic heterocycles. The largest absolute Gasteiger partial charge is 0.449 e. The van der Waals surface area contributed by atoms with Crippen molar-refractivity contribution in [2.24, 2.45) is 7.05 Å². The highest BCUT2D eigenvalue weighted by Crippen LogP contribution is 2.31. The Kier molecular flexibility index (Phi) is 7.42. The monoisotopic (exact) mass is 507 g/mol. The molecule has 11 heteroatoms. The van der Waals surface area contributed by atoms with Gasteiger partial charge in [0.2, 0.25) is 0 Å². The van der Waals surface area contributed by atoms with E-state index in [4.69, 9.17) is 4.74 Å². The van der Waals surface area contributed by atoms with E-state index in [-0.39, 0.29) is 16.9 Å². The summed E-state index contributed by atoms with van der Waals surface area (Å²) in [4.78, 5) is 51.7. The molecule has 0 radical (unpaired) electrons. The molecule has 0 bridgehead atoms. The number of anilines is 2. The van der Waals surface area contributed by atoms with Gasteiger partial charge in [-0.2, -0.15) is 0 Å². The Bertz CT molecular complexity index is 1390. The molecule has 1 N–H and O–H groups in total. The molecule has 1 aromatic heterocycles. The first-order valence-electron chi connectivity index (χ1n) is 12.1. The molecule has 1 aliphatic rings. The molecular formula is C26H29N5O6. The average Bonchev–Trinajstić information content (AvgIpc) is 3.11. The van der Waals surface area contributed by atoms with E-state index in [1.165, 1.54) is 23.7 Å². The number of piperidine rings is 1. The first kappa shape index (κ1) is 25.7. The lowest BCUT2D eigenvalue weighted by atomic mass is 10.1. The summed E-state index contributed by atoms with van der Waals surface area (Å²) in [6.45, 7) is 4.49. The van der Waals surface area contributed by atoms with E-state index < -0.39 is 28.5 Å². The van der Waals surface area contributed by atoms with Crippen LogP contribution in [0.3, 0.4) is 0 Å². The molecule has 0 saturated carbocycles. The lowest BCUT2D eigenvalue weighted by Crippen LogP contribution is -2.32. The lowest BCUT2D eigenvalue weighted by Gasteiger charge is -2.28. The minimum atomic E-state index is -1.25. The van der Waals surface area contributed by atoms with Crippen LogP contribution in [0.25, 0.3) is 5.69 Å². The fourth-order valence-electron chi connectivity index (χ4n) is 4.42. The van der Waals surface area contributed by atoms with Gasteiger partial charge in [0.25, 0.3) is 17.2 Å². The number of aromatic nitrogens is 2. The molecule has 1 amide bonds. The second-order valence-corrected chi connectivity index (χ2v) is 8.98. The van der Waals surface area contributed by atoms with Crippen LogP contribution in [-0.4, -0.2) is 45.4 Å². The average molecular weight is 508 g/mol. The van der Waals surface area contributed by atoms with Crippen LogP contribution in [0.15, 0.2) is 53.3 Å². The van der Waals surface area contributed by atoms with Crippen LogP contribution in [0, 0.1) is 17.0 Å². The molecule has 2 heterocycles. The summed E-state index contributed by atoms with van der Waals surface area (Å²) >= 11 is 0. The fraction of sp³-hybridized carbons (Fsp3) is 0.346. The lowest BCUT2D eigenvalue weighted by molar-refractivity contribution is -0.384. The predicted molar refractivity (Wildman–Crippen MR) is 138 cm³/mol. The zero-order valence-corrected chi connectivity index (χ0v) is 21.0.